The maximum atomic E-state index is 6.44. The molecule has 1 aromatic heterocycles. The van der Waals surface area contributed by atoms with Gasteiger partial charge in [-0.1, -0.05) is 44.2 Å². The summed E-state index contributed by atoms with van der Waals surface area (Å²) < 4.78 is 5.28. The highest BCUT2D eigenvalue weighted by molar-refractivity contribution is 5.04. The summed E-state index contributed by atoms with van der Waals surface area (Å²) in [6.07, 6.45) is 9.99. The predicted octanol–water partition coefficient (Wildman–Crippen LogP) is 2.92. The summed E-state index contributed by atoms with van der Waals surface area (Å²) in [4.78, 5) is 4.48. The highest BCUT2D eigenvalue weighted by Crippen LogP contribution is 2.32. The number of hydrogen-bond acceptors (Lipinski definition) is 4. The minimum absolute atomic E-state index is 0.343. The topological polar surface area (TPSA) is 64.9 Å². The molecule has 17 heavy (non-hydrogen) atoms. The molecular weight excluding hydrogens is 214 g/mol. The van der Waals surface area contributed by atoms with Crippen LogP contribution >= 0.6 is 0 Å². The molecule has 1 aliphatic carbocycles. The molecule has 0 amide bonds. The molecule has 1 aromatic rings. The van der Waals surface area contributed by atoms with E-state index in [9.17, 15) is 0 Å². The van der Waals surface area contributed by atoms with Crippen molar-refractivity contribution in [2.45, 2.75) is 70.3 Å². The van der Waals surface area contributed by atoms with Crippen molar-refractivity contribution >= 4 is 0 Å². The average molecular weight is 237 g/mol. The molecule has 0 unspecified atom stereocenters. The molecule has 1 heterocycles. The van der Waals surface area contributed by atoms with Gasteiger partial charge in [-0.25, -0.2) is 0 Å². The Morgan fingerprint density at radius 3 is 2.59 bits per heavy atom. The smallest absolute Gasteiger partial charge is 0.226 e. The molecule has 4 nitrogen and oxygen atoms in total. The Bertz CT molecular complexity index is 340. The third-order valence-corrected chi connectivity index (χ3v) is 3.65. The molecule has 0 aromatic carbocycles. The van der Waals surface area contributed by atoms with Gasteiger partial charge in [0.1, 0.15) is 0 Å². The molecule has 2 rings (SSSR count). The van der Waals surface area contributed by atoms with Gasteiger partial charge in [-0.2, -0.15) is 4.98 Å². The second kappa shape index (κ2) is 5.63. The molecule has 0 atom stereocenters. The van der Waals surface area contributed by atoms with Gasteiger partial charge in [-0.3, -0.25) is 0 Å². The highest BCUT2D eigenvalue weighted by atomic mass is 16.5. The zero-order chi connectivity index (χ0) is 12.1. The van der Waals surface area contributed by atoms with E-state index in [1.54, 1.807) is 0 Å². The third kappa shape index (κ3) is 3.06. The maximum Gasteiger partial charge on any atom is 0.226 e. The Morgan fingerprint density at radius 2 is 1.94 bits per heavy atom. The van der Waals surface area contributed by atoms with Crippen LogP contribution in [-0.2, 0) is 12.0 Å². The van der Waals surface area contributed by atoms with Gasteiger partial charge >= 0.3 is 0 Å². The quantitative estimate of drug-likeness (QED) is 0.818. The first-order valence-electron chi connectivity index (χ1n) is 6.86. The van der Waals surface area contributed by atoms with E-state index in [1.807, 2.05) is 0 Å². The number of aromatic nitrogens is 2. The number of nitrogens with two attached hydrogens (primary N) is 1. The molecule has 1 fully saturated rings. The van der Waals surface area contributed by atoms with Crippen molar-refractivity contribution in [3.63, 3.8) is 0 Å². The lowest BCUT2D eigenvalue weighted by atomic mass is 9.91. The Hall–Kier alpha value is -0.900. The normalized spacial score (nSPS) is 20.1. The number of hydrogen-bond donors (Lipinski definition) is 1. The molecule has 0 saturated heterocycles. The lowest BCUT2D eigenvalue weighted by Crippen LogP contribution is -2.37. The summed E-state index contributed by atoms with van der Waals surface area (Å²) in [6, 6.07) is 0. The first-order chi connectivity index (χ1) is 8.24. The van der Waals surface area contributed by atoms with Crippen molar-refractivity contribution in [3.8, 4) is 0 Å². The standard InChI is InChI=1S/C13H23N3O/c1-2-3-8-11-15-12(16-17-11)13(14)9-6-4-5-7-10-13/h2-10,14H2,1H3. The molecule has 0 spiro atoms. The van der Waals surface area contributed by atoms with Crippen LogP contribution in [0.4, 0.5) is 0 Å². The number of unbranched alkanes of at least 4 members (excludes halogenated alkanes) is 1. The van der Waals surface area contributed by atoms with E-state index in [2.05, 4.69) is 17.1 Å². The summed E-state index contributed by atoms with van der Waals surface area (Å²) in [5, 5.41) is 4.10. The fourth-order valence-electron chi connectivity index (χ4n) is 2.47. The zero-order valence-electron chi connectivity index (χ0n) is 10.7. The minimum Gasteiger partial charge on any atom is -0.339 e. The maximum absolute atomic E-state index is 6.44. The van der Waals surface area contributed by atoms with Crippen LogP contribution in [0.15, 0.2) is 4.52 Å². The van der Waals surface area contributed by atoms with Crippen molar-refractivity contribution in [1.82, 2.24) is 10.1 Å². The van der Waals surface area contributed by atoms with E-state index in [1.165, 1.54) is 25.7 Å². The average Bonchev–Trinajstić information content (AvgIpc) is 2.70. The molecule has 2 N–H and O–H groups in total. The molecule has 0 radical (unpaired) electrons. The van der Waals surface area contributed by atoms with E-state index in [0.29, 0.717) is 0 Å². The van der Waals surface area contributed by atoms with Crippen molar-refractivity contribution < 1.29 is 4.52 Å². The minimum atomic E-state index is -0.343. The molecule has 1 aliphatic rings. The second-order valence-corrected chi connectivity index (χ2v) is 5.19. The summed E-state index contributed by atoms with van der Waals surface area (Å²) in [7, 11) is 0. The Balaban J connectivity index is 2.06. The first kappa shape index (κ1) is 12.6. The Morgan fingerprint density at radius 1 is 1.24 bits per heavy atom. The van der Waals surface area contributed by atoms with Gasteiger partial charge in [0.2, 0.25) is 5.89 Å². The van der Waals surface area contributed by atoms with Crippen molar-refractivity contribution in [2.24, 2.45) is 5.73 Å². The zero-order valence-corrected chi connectivity index (χ0v) is 10.7. The number of nitrogens with zero attached hydrogens (tertiary/aromatic N) is 2. The first-order valence-corrected chi connectivity index (χ1v) is 6.86. The number of rotatable bonds is 4. The highest BCUT2D eigenvalue weighted by Gasteiger charge is 2.33. The van der Waals surface area contributed by atoms with Crippen LogP contribution in [0.1, 0.15) is 70.0 Å². The van der Waals surface area contributed by atoms with Crippen LogP contribution in [0.3, 0.4) is 0 Å². The molecule has 96 valence electrons. The van der Waals surface area contributed by atoms with Crippen molar-refractivity contribution in [1.29, 1.82) is 0 Å². The lowest BCUT2D eigenvalue weighted by Gasteiger charge is -2.23. The predicted molar refractivity (Wildman–Crippen MR) is 66.5 cm³/mol. The van der Waals surface area contributed by atoms with Crippen LogP contribution in [0.25, 0.3) is 0 Å². The number of aryl methyl sites for hydroxylation is 1. The van der Waals surface area contributed by atoms with Gasteiger partial charge in [0.05, 0.1) is 5.54 Å². The summed E-state index contributed by atoms with van der Waals surface area (Å²) in [5.41, 5.74) is 6.09. The summed E-state index contributed by atoms with van der Waals surface area (Å²) in [5.74, 6) is 1.47. The van der Waals surface area contributed by atoms with Gasteiger partial charge in [0.15, 0.2) is 5.82 Å². The third-order valence-electron chi connectivity index (χ3n) is 3.65. The van der Waals surface area contributed by atoms with E-state index in [-0.39, 0.29) is 5.54 Å². The van der Waals surface area contributed by atoms with Crippen LogP contribution in [-0.4, -0.2) is 10.1 Å². The van der Waals surface area contributed by atoms with Crippen molar-refractivity contribution in [3.05, 3.63) is 11.7 Å². The van der Waals surface area contributed by atoms with E-state index >= 15 is 0 Å². The lowest BCUT2D eigenvalue weighted by molar-refractivity contribution is 0.323. The Labute approximate surface area is 103 Å². The van der Waals surface area contributed by atoms with Gasteiger partial charge in [0, 0.05) is 6.42 Å². The van der Waals surface area contributed by atoms with Gasteiger partial charge in [0.25, 0.3) is 0 Å². The summed E-state index contributed by atoms with van der Waals surface area (Å²) in [6.45, 7) is 2.16. The Kier molecular flexibility index (Phi) is 4.15. The van der Waals surface area contributed by atoms with Crippen LogP contribution in [0, 0.1) is 0 Å². The fraction of sp³-hybridized carbons (Fsp3) is 0.846. The van der Waals surface area contributed by atoms with E-state index in [0.717, 1.165) is 43.8 Å². The van der Waals surface area contributed by atoms with Gasteiger partial charge in [-0.05, 0) is 19.3 Å². The van der Waals surface area contributed by atoms with Gasteiger partial charge in [-0.15, -0.1) is 0 Å². The van der Waals surface area contributed by atoms with Crippen LogP contribution in [0.2, 0.25) is 0 Å². The van der Waals surface area contributed by atoms with E-state index in [4.69, 9.17) is 10.3 Å². The molecule has 0 aliphatic heterocycles. The van der Waals surface area contributed by atoms with Crippen LogP contribution in [0.5, 0.6) is 0 Å². The second-order valence-electron chi connectivity index (χ2n) is 5.19. The van der Waals surface area contributed by atoms with Crippen molar-refractivity contribution in [2.75, 3.05) is 0 Å². The molecule has 4 heteroatoms. The monoisotopic (exact) mass is 237 g/mol. The van der Waals surface area contributed by atoms with E-state index < -0.39 is 0 Å². The SMILES string of the molecule is CCCCc1nc(C2(N)CCCCCC2)no1. The van der Waals surface area contributed by atoms with Gasteiger partial charge < -0.3 is 10.3 Å². The summed E-state index contributed by atoms with van der Waals surface area (Å²) >= 11 is 0. The fourth-order valence-corrected chi connectivity index (χ4v) is 2.47. The molecule has 0 bridgehead atoms. The largest absolute Gasteiger partial charge is 0.339 e. The van der Waals surface area contributed by atoms with Crippen LogP contribution < -0.4 is 5.73 Å². The molecular formula is C13H23N3O. The molecule has 1 saturated carbocycles.